The Morgan fingerprint density at radius 2 is 1.94 bits per heavy atom. The van der Waals surface area contributed by atoms with Crippen LogP contribution in [0.1, 0.15) is 36.2 Å². The maximum absolute atomic E-state index is 10.9. The third-order valence-electron chi connectivity index (χ3n) is 6.18. The predicted molar refractivity (Wildman–Crippen MR) is 132 cm³/mol. The van der Waals surface area contributed by atoms with E-state index in [2.05, 4.69) is 39.5 Å². The molecule has 2 heterocycles. The number of carboxylic acids is 1. The molecule has 1 fully saturated rings. The van der Waals surface area contributed by atoms with Gasteiger partial charge in [-0.25, -0.2) is 9.97 Å². The monoisotopic (exact) mass is 460 g/mol. The number of nitrogens with one attached hydrogen (secondary N) is 1. The molecule has 7 heteroatoms. The topological polar surface area (TPSA) is 98.6 Å². The molecule has 178 valence electrons. The number of hydrogen-bond acceptors (Lipinski definition) is 6. The number of nitrogens with zero attached hydrogens (tertiary/aromatic N) is 3. The van der Waals surface area contributed by atoms with Gasteiger partial charge in [0, 0.05) is 56.8 Å². The van der Waals surface area contributed by atoms with Crippen molar-refractivity contribution in [1.29, 1.82) is 0 Å². The van der Waals surface area contributed by atoms with Crippen LogP contribution >= 0.6 is 0 Å². The first-order valence-corrected chi connectivity index (χ1v) is 11.9. The lowest BCUT2D eigenvalue weighted by Crippen LogP contribution is -2.50. The number of aliphatic carboxylic acids is 1. The Morgan fingerprint density at radius 3 is 2.76 bits per heavy atom. The van der Waals surface area contributed by atoms with Crippen LogP contribution in [0.4, 0.5) is 0 Å². The zero-order valence-corrected chi connectivity index (χ0v) is 19.4. The van der Waals surface area contributed by atoms with Crippen molar-refractivity contribution >= 4 is 5.97 Å². The molecule has 1 saturated heterocycles. The summed E-state index contributed by atoms with van der Waals surface area (Å²) in [4.78, 5) is 22.5. The summed E-state index contributed by atoms with van der Waals surface area (Å²) in [5.74, 6) is 0.387. The third-order valence-corrected chi connectivity index (χ3v) is 6.18. The third kappa shape index (κ3) is 7.10. The fourth-order valence-electron chi connectivity index (χ4n) is 4.41. The molecule has 2 aromatic carbocycles. The van der Waals surface area contributed by atoms with E-state index in [4.69, 9.17) is 10.1 Å². The number of phenolic OH excluding ortho intramolecular Hbond substituents is 1. The van der Waals surface area contributed by atoms with E-state index in [1.807, 2.05) is 24.4 Å². The average molecular weight is 461 g/mol. The number of benzene rings is 2. The fraction of sp³-hybridized carbons (Fsp3) is 0.370. The molecule has 0 bridgehead atoms. The second kappa shape index (κ2) is 11.7. The molecule has 1 aliphatic rings. The van der Waals surface area contributed by atoms with Crippen LogP contribution in [0.25, 0.3) is 11.3 Å². The predicted octanol–water partition coefficient (Wildman–Crippen LogP) is 3.66. The van der Waals surface area contributed by atoms with Gasteiger partial charge in [-0.3, -0.25) is 9.69 Å². The van der Waals surface area contributed by atoms with Crippen LogP contribution in [0.2, 0.25) is 0 Å². The molecule has 0 aliphatic carbocycles. The van der Waals surface area contributed by atoms with E-state index in [9.17, 15) is 9.90 Å². The number of hydrogen-bond donors (Lipinski definition) is 3. The quantitative estimate of drug-likeness (QED) is 0.425. The van der Waals surface area contributed by atoms with E-state index in [0.717, 1.165) is 62.5 Å². The molecule has 4 rings (SSSR count). The van der Waals surface area contributed by atoms with Crippen molar-refractivity contribution in [2.24, 2.45) is 0 Å². The molecule has 1 unspecified atom stereocenters. The number of aryl methyl sites for hydroxylation is 2. The molecular formula is C27H32N4O3. The van der Waals surface area contributed by atoms with E-state index >= 15 is 0 Å². The first-order chi connectivity index (χ1) is 16.5. The normalized spacial score (nSPS) is 16.4. The molecule has 3 aromatic rings. The number of carbonyl (C=O) groups is 1. The summed E-state index contributed by atoms with van der Waals surface area (Å²) in [6, 6.07) is 18.0. The summed E-state index contributed by atoms with van der Waals surface area (Å²) in [5, 5.41) is 21.8. The van der Waals surface area contributed by atoms with E-state index in [0.29, 0.717) is 6.42 Å². The fourth-order valence-corrected chi connectivity index (χ4v) is 4.41. The van der Waals surface area contributed by atoms with Crippen LogP contribution in [0, 0.1) is 0 Å². The first-order valence-electron chi connectivity index (χ1n) is 11.9. The van der Waals surface area contributed by atoms with Crippen molar-refractivity contribution in [2.45, 2.75) is 44.7 Å². The number of aromatic nitrogens is 2. The van der Waals surface area contributed by atoms with Gasteiger partial charge in [0.2, 0.25) is 0 Å². The molecule has 3 N–H and O–H groups in total. The first kappa shape index (κ1) is 23.9. The maximum atomic E-state index is 10.9. The van der Waals surface area contributed by atoms with Gasteiger partial charge in [-0.15, -0.1) is 0 Å². The molecule has 0 radical (unpaired) electrons. The molecule has 0 spiro atoms. The van der Waals surface area contributed by atoms with Gasteiger partial charge in [0.05, 0.1) is 5.69 Å². The molecule has 1 aromatic heterocycles. The highest BCUT2D eigenvalue weighted by Gasteiger charge is 2.20. The lowest BCUT2D eigenvalue weighted by Gasteiger charge is -2.33. The van der Waals surface area contributed by atoms with Gasteiger partial charge in [0.15, 0.2) is 0 Å². The Balaban J connectivity index is 1.34. The average Bonchev–Trinajstić information content (AvgIpc) is 2.85. The van der Waals surface area contributed by atoms with E-state index in [1.165, 1.54) is 11.1 Å². The summed E-state index contributed by atoms with van der Waals surface area (Å²) in [5.41, 5.74) is 4.43. The Hall–Kier alpha value is -3.29. The van der Waals surface area contributed by atoms with Gasteiger partial charge in [0.1, 0.15) is 11.6 Å². The molecule has 7 nitrogen and oxygen atoms in total. The standard InChI is InChI=1S/C27H32N4O3/c32-24-10-7-20(8-11-24)3-2-6-26-29-14-13-25(30-26)22-5-1-4-21(17-22)18-31-16-15-28-23(19-31)9-12-27(33)34/h1,4-5,7-8,10-11,13-14,17,23,28,32H,2-3,6,9,12,15-16,18-19H2,(H,33,34). The zero-order valence-electron chi connectivity index (χ0n) is 19.4. The number of carboxylic acid groups (broad SMARTS) is 1. The van der Waals surface area contributed by atoms with Gasteiger partial charge >= 0.3 is 5.97 Å². The van der Waals surface area contributed by atoms with E-state index in [-0.39, 0.29) is 18.2 Å². The summed E-state index contributed by atoms with van der Waals surface area (Å²) in [7, 11) is 0. The van der Waals surface area contributed by atoms with Crippen molar-refractivity contribution in [3.05, 3.63) is 77.7 Å². The highest BCUT2D eigenvalue weighted by Crippen LogP contribution is 2.20. The van der Waals surface area contributed by atoms with Gasteiger partial charge in [-0.1, -0.05) is 30.3 Å². The van der Waals surface area contributed by atoms with Crippen molar-refractivity contribution < 1.29 is 15.0 Å². The molecule has 0 saturated carbocycles. The molecule has 1 atom stereocenters. The Labute approximate surface area is 200 Å². The van der Waals surface area contributed by atoms with Gasteiger partial charge in [-0.05, 0) is 54.7 Å². The molecular weight excluding hydrogens is 428 g/mol. The lowest BCUT2D eigenvalue weighted by atomic mass is 10.1. The van der Waals surface area contributed by atoms with Crippen molar-refractivity contribution in [3.8, 4) is 17.0 Å². The summed E-state index contributed by atoms with van der Waals surface area (Å²) < 4.78 is 0. The highest BCUT2D eigenvalue weighted by atomic mass is 16.4. The van der Waals surface area contributed by atoms with Gasteiger partial charge in [0.25, 0.3) is 0 Å². The molecule has 0 amide bonds. The van der Waals surface area contributed by atoms with Crippen molar-refractivity contribution in [1.82, 2.24) is 20.2 Å². The lowest BCUT2D eigenvalue weighted by molar-refractivity contribution is -0.137. The summed E-state index contributed by atoms with van der Waals surface area (Å²) in [6.45, 7) is 3.52. The number of piperazine rings is 1. The van der Waals surface area contributed by atoms with Crippen LogP contribution in [0.15, 0.2) is 60.8 Å². The second-order valence-corrected chi connectivity index (χ2v) is 8.90. The Morgan fingerprint density at radius 1 is 1.09 bits per heavy atom. The minimum absolute atomic E-state index is 0.200. The summed E-state index contributed by atoms with van der Waals surface area (Å²) in [6.07, 6.45) is 5.34. The van der Waals surface area contributed by atoms with Gasteiger partial charge in [-0.2, -0.15) is 0 Å². The summed E-state index contributed by atoms with van der Waals surface area (Å²) >= 11 is 0. The Kier molecular flexibility index (Phi) is 8.22. The SMILES string of the molecule is O=C(O)CCC1CN(Cc2cccc(-c3ccnc(CCCc4ccc(O)cc4)n3)c2)CCN1. The van der Waals surface area contributed by atoms with Crippen molar-refractivity contribution in [3.63, 3.8) is 0 Å². The minimum atomic E-state index is -0.740. The number of aromatic hydroxyl groups is 1. The second-order valence-electron chi connectivity index (χ2n) is 8.90. The molecule has 34 heavy (non-hydrogen) atoms. The van der Waals surface area contributed by atoms with Crippen molar-refractivity contribution in [2.75, 3.05) is 19.6 Å². The van der Waals surface area contributed by atoms with Crippen LogP contribution in [-0.4, -0.2) is 56.7 Å². The van der Waals surface area contributed by atoms with Crippen LogP contribution in [-0.2, 0) is 24.2 Å². The van der Waals surface area contributed by atoms with Crippen LogP contribution < -0.4 is 5.32 Å². The highest BCUT2D eigenvalue weighted by molar-refractivity contribution is 5.66. The van der Waals surface area contributed by atoms with Gasteiger partial charge < -0.3 is 15.5 Å². The molecule has 1 aliphatic heterocycles. The zero-order chi connectivity index (χ0) is 23.8. The maximum Gasteiger partial charge on any atom is 0.303 e. The van der Waals surface area contributed by atoms with E-state index < -0.39 is 5.97 Å². The smallest absolute Gasteiger partial charge is 0.303 e. The van der Waals surface area contributed by atoms with E-state index in [1.54, 1.807) is 12.1 Å². The minimum Gasteiger partial charge on any atom is -0.508 e. The largest absolute Gasteiger partial charge is 0.508 e. The van der Waals surface area contributed by atoms with Crippen LogP contribution in [0.5, 0.6) is 5.75 Å². The number of rotatable bonds is 10. The Bertz CT molecular complexity index is 1090. The number of phenols is 1. The van der Waals surface area contributed by atoms with Crippen LogP contribution in [0.3, 0.4) is 0 Å².